The monoisotopic (exact) mass is 186 g/mol. The van der Waals surface area contributed by atoms with Crippen molar-refractivity contribution in [2.24, 2.45) is 0 Å². The molecule has 3 heteroatoms. The van der Waals surface area contributed by atoms with Gasteiger partial charge in [0.1, 0.15) is 0 Å². The summed E-state index contributed by atoms with van der Waals surface area (Å²) in [4.78, 5) is 0. The van der Waals surface area contributed by atoms with Gasteiger partial charge in [0.05, 0.1) is 13.2 Å². The minimum Gasteiger partial charge on any atom is -0.392 e. The molecule has 0 saturated heterocycles. The van der Waals surface area contributed by atoms with Crippen LogP contribution in [-0.4, -0.2) is 12.2 Å². The Morgan fingerprint density at radius 2 is 2.25 bits per heavy atom. The number of ether oxygens (including phenoxy) is 1. The van der Waals surface area contributed by atoms with Gasteiger partial charge in [-0.1, -0.05) is 23.7 Å². The Labute approximate surface area is 76.7 Å². The summed E-state index contributed by atoms with van der Waals surface area (Å²) >= 11 is 5.85. The molecule has 0 aliphatic carbocycles. The summed E-state index contributed by atoms with van der Waals surface area (Å²) in [6, 6.07) is 5.49. The van der Waals surface area contributed by atoms with E-state index in [0.717, 1.165) is 11.1 Å². The first-order valence-corrected chi connectivity index (χ1v) is 4.03. The Hall–Kier alpha value is -0.570. The van der Waals surface area contributed by atoms with Gasteiger partial charge in [0.25, 0.3) is 0 Å². The Kier molecular flexibility index (Phi) is 3.53. The van der Waals surface area contributed by atoms with E-state index in [0.29, 0.717) is 11.6 Å². The van der Waals surface area contributed by atoms with Gasteiger partial charge in [0, 0.05) is 17.7 Å². The van der Waals surface area contributed by atoms with E-state index in [1.54, 1.807) is 13.2 Å². The minimum atomic E-state index is -0.0433. The van der Waals surface area contributed by atoms with E-state index < -0.39 is 0 Å². The van der Waals surface area contributed by atoms with E-state index in [4.69, 9.17) is 21.4 Å². The molecule has 0 aliphatic heterocycles. The Bertz CT molecular complexity index is 261. The van der Waals surface area contributed by atoms with Crippen molar-refractivity contribution in [3.63, 3.8) is 0 Å². The maximum atomic E-state index is 8.99. The van der Waals surface area contributed by atoms with Crippen LogP contribution >= 0.6 is 11.6 Å². The van der Waals surface area contributed by atoms with Crippen molar-refractivity contribution in [3.8, 4) is 0 Å². The topological polar surface area (TPSA) is 29.5 Å². The van der Waals surface area contributed by atoms with Crippen LogP contribution in [0.2, 0.25) is 5.02 Å². The first kappa shape index (κ1) is 9.52. The van der Waals surface area contributed by atoms with E-state index >= 15 is 0 Å². The van der Waals surface area contributed by atoms with Crippen LogP contribution in [0.25, 0.3) is 0 Å². The molecule has 0 radical (unpaired) electrons. The molecule has 1 aromatic rings. The second-order valence-corrected chi connectivity index (χ2v) is 2.88. The molecule has 0 spiro atoms. The number of aliphatic hydroxyl groups excluding tert-OH is 1. The van der Waals surface area contributed by atoms with E-state index in [1.165, 1.54) is 0 Å². The number of halogens is 1. The predicted molar refractivity (Wildman–Crippen MR) is 48.1 cm³/mol. The Balaban J connectivity index is 3.00. The fourth-order valence-electron chi connectivity index (χ4n) is 1.07. The molecule has 12 heavy (non-hydrogen) atoms. The average Bonchev–Trinajstić information content (AvgIpc) is 2.05. The highest BCUT2D eigenvalue weighted by Crippen LogP contribution is 2.20. The Morgan fingerprint density at radius 1 is 1.50 bits per heavy atom. The van der Waals surface area contributed by atoms with Crippen molar-refractivity contribution in [3.05, 3.63) is 34.3 Å². The van der Waals surface area contributed by atoms with Crippen LogP contribution in [0, 0.1) is 0 Å². The molecule has 0 bridgehead atoms. The van der Waals surface area contributed by atoms with E-state index in [1.807, 2.05) is 12.1 Å². The zero-order chi connectivity index (χ0) is 8.97. The fraction of sp³-hybridized carbons (Fsp3) is 0.333. The van der Waals surface area contributed by atoms with Crippen molar-refractivity contribution in [1.82, 2.24) is 0 Å². The van der Waals surface area contributed by atoms with E-state index in [-0.39, 0.29) is 6.61 Å². The van der Waals surface area contributed by atoms with Crippen LogP contribution in [0.5, 0.6) is 0 Å². The van der Waals surface area contributed by atoms with Crippen LogP contribution in [0.3, 0.4) is 0 Å². The zero-order valence-corrected chi connectivity index (χ0v) is 7.64. The van der Waals surface area contributed by atoms with Gasteiger partial charge in [-0.15, -0.1) is 0 Å². The van der Waals surface area contributed by atoms with Crippen LogP contribution in [-0.2, 0) is 18.0 Å². The maximum absolute atomic E-state index is 8.99. The lowest BCUT2D eigenvalue weighted by atomic mass is 10.1. The molecule has 0 aliphatic rings. The number of hydrogen-bond donors (Lipinski definition) is 1. The summed E-state index contributed by atoms with van der Waals surface area (Å²) in [5, 5.41) is 9.58. The van der Waals surface area contributed by atoms with Crippen molar-refractivity contribution in [1.29, 1.82) is 0 Å². The van der Waals surface area contributed by atoms with Gasteiger partial charge in [-0.25, -0.2) is 0 Å². The second kappa shape index (κ2) is 4.45. The number of hydrogen-bond acceptors (Lipinski definition) is 2. The Morgan fingerprint density at radius 3 is 2.83 bits per heavy atom. The number of aliphatic hydroxyl groups is 1. The smallest absolute Gasteiger partial charge is 0.0717 e. The third kappa shape index (κ3) is 1.97. The molecule has 66 valence electrons. The largest absolute Gasteiger partial charge is 0.392 e. The summed E-state index contributed by atoms with van der Waals surface area (Å²) < 4.78 is 4.96. The van der Waals surface area contributed by atoms with Crippen LogP contribution in [0.4, 0.5) is 0 Å². The molecular weight excluding hydrogens is 176 g/mol. The first-order valence-electron chi connectivity index (χ1n) is 3.65. The van der Waals surface area contributed by atoms with Gasteiger partial charge < -0.3 is 9.84 Å². The summed E-state index contributed by atoms with van der Waals surface area (Å²) in [5.41, 5.74) is 1.69. The number of methoxy groups -OCH3 is 1. The quantitative estimate of drug-likeness (QED) is 0.782. The lowest BCUT2D eigenvalue weighted by molar-refractivity contribution is 0.181. The lowest BCUT2D eigenvalue weighted by Gasteiger charge is -2.07. The minimum absolute atomic E-state index is 0.0433. The van der Waals surface area contributed by atoms with Gasteiger partial charge in [-0.3, -0.25) is 0 Å². The average molecular weight is 187 g/mol. The van der Waals surface area contributed by atoms with Crippen molar-refractivity contribution < 1.29 is 9.84 Å². The molecule has 1 rings (SSSR count). The highest BCUT2D eigenvalue weighted by Gasteiger charge is 2.04. The van der Waals surface area contributed by atoms with Crippen LogP contribution in [0.1, 0.15) is 11.1 Å². The third-order valence-corrected chi connectivity index (χ3v) is 2.03. The van der Waals surface area contributed by atoms with Crippen molar-refractivity contribution in [2.45, 2.75) is 13.2 Å². The highest BCUT2D eigenvalue weighted by atomic mass is 35.5. The molecule has 0 heterocycles. The molecule has 1 aromatic carbocycles. The van der Waals surface area contributed by atoms with Crippen LogP contribution in [0.15, 0.2) is 18.2 Å². The van der Waals surface area contributed by atoms with Crippen molar-refractivity contribution >= 4 is 11.6 Å². The molecule has 0 aromatic heterocycles. The maximum Gasteiger partial charge on any atom is 0.0717 e. The molecule has 0 amide bonds. The molecule has 0 atom stereocenters. The lowest BCUT2D eigenvalue weighted by Crippen LogP contribution is -1.96. The summed E-state index contributed by atoms with van der Waals surface area (Å²) in [5.74, 6) is 0. The molecule has 0 unspecified atom stereocenters. The van der Waals surface area contributed by atoms with Crippen molar-refractivity contribution in [2.75, 3.05) is 7.11 Å². The van der Waals surface area contributed by atoms with Gasteiger partial charge in [0.2, 0.25) is 0 Å². The predicted octanol–water partition coefficient (Wildman–Crippen LogP) is 1.98. The molecule has 1 N–H and O–H groups in total. The van der Waals surface area contributed by atoms with Gasteiger partial charge in [-0.2, -0.15) is 0 Å². The van der Waals surface area contributed by atoms with Gasteiger partial charge in [-0.05, 0) is 11.6 Å². The van der Waals surface area contributed by atoms with E-state index in [2.05, 4.69) is 0 Å². The fourth-order valence-corrected chi connectivity index (χ4v) is 1.32. The molecule has 0 fully saturated rings. The SMILES string of the molecule is COCc1cccc(Cl)c1CO. The highest BCUT2D eigenvalue weighted by molar-refractivity contribution is 6.31. The molecular formula is C9H11ClO2. The van der Waals surface area contributed by atoms with E-state index in [9.17, 15) is 0 Å². The van der Waals surface area contributed by atoms with Crippen LogP contribution < -0.4 is 0 Å². The second-order valence-electron chi connectivity index (χ2n) is 2.47. The summed E-state index contributed by atoms with van der Waals surface area (Å²) in [7, 11) is 1.61. The number of rotatable bonds is 3. The first-order chi connectivity index (χ1) is 5.79. The van der Waals surface area contributed by atoms with Gasteiger partial charge in [0.15, 0.2) is 0 Å². The third-order valence-electron chi connectivity index (χ3n) is 1.67. The molecule has 0 saturated carbocycles. The summed E-state index contributed by atoms with van der Waals surface area (Å²) in [6.07, 6.45) is 0. The zero-order valence-electron chi connectivity index (χ0n) is 6.88. The van der Waals surface area contributed by atoms with Gasteiger partial charge >= 0.3 is 0 Å². The normalized spacial score (nSPS) is 10.2. The standard InChI is InChI=1S/C9H11ClO2/c1-12-6-7-3-2-4-9(10)8(7)5-11/h2-4,11H,5-6H2,1H3. The summed E-state index contributed by atoms with van der Waals surface area (Å²) in [6.45, 7) is 0.439. The molecule has 2 nitrogen and oxygen atoms in total. The number of benzene rings is 1.